The lowest BCUT2D eigenvalue weighted by molar-refractivity contribution is 0.563. The zero-order valence-electron chi connectivity index (χ0n) is 8.69. The van der Waals surface area contributed by atoms with Crippen molar-refractivity contribution in [3.63, 3.8) is 0 Å². The lowest BCUT2D eigenvalue weighted by atomic mass is 9.90. The van der Waals surface area contributed by atoms with E-state index in [1.807, 2.05) is 0 Å². The average Bonchev–Trinajstić information content (AvgIpc) is 2.82. The van der Waals surface area contributed by atoms with Crippen LogP contribution in [0.3, 0.4) is 0 Å². The Morgan fingerprint density at radius 3 is 2.73 bits per heavy atom. The molecule has 1 N–H and O–H groups in total. The van der Waals surface area contributed by atoms with Crippen LogP contribution in [0, 0.1) is 5.92 Å². The number of hydrogen-bond donors (Lipinski definition) is 1. The molecular formula is C14H15N. The number of benzene rings is 1. The summed E-state index contributed by atoms with van der Waals surface area (Å²) >= 11 is 0. The van der Waals surface area contributed by atoms with Crippen molar-refractivity contribution in [1.82, 2.24) is 0 Å². The van der Waals surface area contributed by atoms with Crippen molar-refractivity contribution in [2.45, 2.75) is 18.9 Å². The van der Waals surface area contributed by atoms with Gasteiger partial charge in [0, 0.05) is 17.6 Å². The van der Waals surface area contributed by atoms with Gasteiger partial charge in [0.05, 0.1) is 0 Å². The Hall–Kier alpha value is -1.50. The van der Waals surface area contributed by atoms with Crippen molar-refractivity contribution < 1.29 is 0 Å². The van der Waals surface area contributed by atoms with Crippen molar-refractivity contribution in [2.75, 3.05) is 5.32 Å². The van der Waals surface area contributed by atoms with E-state index in [0.717, 1.165) is 0 Å². The Morgan fingerprint density at radius 2 is 1.87 bits per heavy atom. The SMILES string of the molecule is C1=CC(C2CCc3ccccc3N2)C=C1. The molecule has 3 rings (SSSR count). The lowest BCUT2D eigenvalue weighted by Gasteiger charge is -2.29. The highest BCUT2D eigenvalue weighted by Gasteiger charge is 2.22. The molecule has 0 fully saturated rings. The molecule has 76 valence electrons. The first-order valence-electron chi connectivity index (χ1n) is 5.63. The molecule has 15 heavy (non-hydrogen) atoms. The minimum atomic E-state index is 0.579. The zero-order valence-corrected chi connectivity index (χ0v) is 8.69. The second-order valence-corrected chi connectivity index (χ2v) is 4.29. The molecule has 1 heterocycles. The number of nitrogens with one attached hydrogen (secondary N) is 1. The molecule has 0 radical (unpaired) electrons. The topological polar surface area (TPSA) is 12.0 Å². The van der Waals surface area contributed by atoms with Gasteiger partial charge in [-0.15, -0.1) is 0 Å². The van der Waals surface area contributed by atoms with E-state index < -0.39 is 0 Å². The smallest absolute Gasteiger partial charge is 0.0375 e. The second kappa shape index (κ2) is 3.58. The van der Waals surface area contributed by atoms with E-state index in [-0.39, 0.29) is 0 Å². The summed E-state index contributed by atoms with van der Waals surface area (Å²) in [6.45, 7) is 0. The van der Waals surface area contributed by atoms with Crippen molar-refractivity contribution >= 4 is 5.69 Å². The summed E-state index contributed by atoms with van der Waals surface area (Å²) in [5, 5.41) is 3.64. The molecule has 1 heteroatoms. The summed E-state index contributed by atoms with van der Waals surface area (Å²) in [7, 11) is 0. The molecule has 1 unspecified atom stereocenters. The number of rotatable bonds is 1. The van der Waals surface area contributed by atoms with Gasteiger partial charge in [0.25, 0.3) is 0 Å². The van der Waals surface area contributed by atoms with E-state index in [2.05, 4.69) is 53.9 Å². The van der Waals surface area contributed by atoms with Crippen LogP contribution in [-0.4, -0.2) is 6.04 Å². The third-order valence-electron chi connectivity index (χ3n) is 3.33. The van der Waals surface area contributed by atoms with Crippen molar-refractivity contribution in [2.24, 2.45) is 5.92 Å². The monoisotopic (exact) mass is 197 g/mol. The number of allylic oxidation sites excluding steroid dienone is 2. The third-order valence-corrected chi connectivity index (χ3v) is 3.33. The third kappa shape index (κ3) is 1.58. The molecule has 1 nitrogen and oxygen atoms in total. The highest BCUT2D eigenvalue weighted by molar-refractivity contribution is 5.54. The van der Waals surface area contributed by atoms with Crippen LogP contribution in [0.25, 0.3) is 0 Å². The summed E-state index contributed by atoms with van der Waals surface area (Å²) in [5.74, 6) is 0.582. The van der Waals surface area contributed by atoms with Gasteiger partial charge in [-0.05, 0) is 24.5 Å². The predicted octanol–water partition coefficient (Wildman–Crippen LogP) is 3.16. The van der Waals surface area contributed by atoms with Gasteiger partial charge >= 0.3 is 0 Å². The molecule has 1 aliphatic heterocycles. The fraction of sp³-hybridized carbons (Fsp3) is 0.286. The second-order valence-electron chi connectivity index (χ2n) is 4.29. The fourth-order valence-corrected chi connectivity index (χ4v) is 2.47. The van der Waals surface area contributed by atoms with E-state index in [0.29, 0.717) is 12.0 Å². The first-order valence-corrected chi connectivity index (χ1v) is 5.63. The molecular weight excluding hydrogens is 182 g/mol. The van der Waals surface area contributed by atoms with E-state index in [1.165, 1.54) is 24.1 Å². The molecule has 0 saturated heterocycles. The van der Waals surface area contributed by atoms with Crippen molar-refractivity contribution in [1.29, 1.82) is 0 Å². The number of hydrogen-bond acceptors (Lipinski definition) is 1. The van der Waals surface area contributed by atoms with Gasteiger partial charge in [0.2, 0.25) is 0 Å². The van der Waals surface area contributed by atoms with E-state index in [4.69, 9.17) is 0 Å². The first kappa shape index (κ1) is 8.78. The molecule has 0 aromatic heterocycles. The average molecular weight is 197 g/mol. The standard InChI is InChI=1S/C14H15N/c1-2-6-11(5-1)14-10-9-12-7-3-4-8-13(12)15-14/h1-8,11,14-15H,9-10H2. The first-order chi connectivity index (χ1) is 7.43. The Kier molecular flexibility index (Phi) is 2.09. The maximum Gasteiger partial charge on any atom is 0.0375 e. The van der Waals surface area contributed by atoms with Gasteiger partial charge in [-0.1, -0.05) is 42.5 Å². The minimum absolute atomic E-state index is 0.579. The van der Waals surface area contributed by atoms with Crippen LogP contribution in [0.4, 0.5) is 5.69 Å². The van der Waals surface area contributed by atoms with Gasteiger partial charge in [0.15, 0.2) is 0 Å². The van der Waals surface area contributed by atoms with E-state index in [9.17, 15) is 0 Å². The van der Waals surface area contributed by atoms with Crippen LogP contribution < -0.4 is 5.32 Å². The Bertz CT molecular complexity index is 405. The maximum absolute atomic E-state index is 3.64. The molecule has 1 aromatic rings. The molecule has 2 aliphatic rings. The van der Waals surface area contributed by atoms with Gasteiger partial charge in [-0.3, -0.25) is 0 Å². The zero-order chi connectivity index (χ0) is 10.1. The van der Waals surface area contributed by atoms with Gasteiger partial charge in [-0.2, -0.15) is 0 Å². The fourth-order valence-electron chi connectivity index (χ4n) is 2.47. The summed E-state index contributed by atoms with van der Waals surface area (Å²) in [6, 6.07) is 9.21. The molecule has 0 saturated carbocycles. The van der Waals surface area contributed by atoms with Crippen LogP contribution in [0.2, 0.25) is 0 Å². The molecule has 1 aliphatic carbocycles. The van der Waals surface area contributed by atoms with Gasteiger partial charge in [0.1, 0.15) is 0 Å². The van der Waals surface area contributed by atoms with Crippen molar-refractivity contribution in [3.8, 4) is 0 Å². The maximum atomic E-state index is 3.64. The quantitative estimate of drug-likeness (QED) is 0.729. The molecule has 1 atom stereocenters. The number of anilines is 1. The summed E-state index contributed by atoms with van der Waals surface area (Å²) in [5.41, 5.74) is 2.78. The molecule has 1 aromatic carbocycles. The number of para-hydroxylation sites is 1. The summed E-state index contributed by atoms with van der Waals surface area (Å²) in [4.78, 5) is 0. The Labute approximate surface area is 90.5 Å². The minimum Gasteiger partial charge on any atom is -0.381 e. The van der Waals surface area contributed by atoms with Crippen LogP contribution in [0.15, 0.2) is 48.6 Å². The largest absolute Gasteiger partial charge is 0.381 e. The molecule has 0 bridgehead atoms. The highest BCUT2D eigenvalue weighted by atomic mass is 14.9. The normalized spacial score (nSPS) is 23.9. The molecule has 0 amide bonds. The van der Waals surface area contributed by atoms with Gasteiger partial charge in [-0.25, -0.2) is 0 Å². The Morgan fingerprint density at radius 1 is 1.07 bits per heavy atom. The number of fused-ring (bicyclic) bond motifs is 1. The van der Waals surface area contributed by atoms with Crippen molar-refractivity contribution in [3.05, 3.63) is 54.1 Å². The summed E-state index contributed by atoms with van der Waals surface area (Å²) < 4.78 is 0. The van der Waals surface area contributed by atoms with Crippen LogP contribution in [0.5, 0.6) is 0 Å². The van der Waals surface area contributed by atoms with E-state index in [1.54, 1.807) is 0 Å². The van der Waals surface area contributed by atoms with Gasteiger partial charge < -0.3 is 5.32 Å². The predicted molar refractivity (Wildman–Crippen MR) is 63.9 cm³/mol. The lowest BCUT2D eigenvalue weighted by Crippen LogP contribution is -2.30. The van der Waals surface area contributed by atoms with Crippen LogP contribution in [-0.2, 0) is 6.42 Å². The molecule has 0 spiro atoms. The Balaban J connectivity index is 1.83. The highest BCUT2D eigenvalue weighted by Crippen LogP contribution is 2.29. The van der Waals surface area contributed by atoms with Crippen LogP contribution in [0.1, 0.15) is 12.0 Å². The summed E-state index contributed by atoms with van der Waals surface area (Å²) in [6.07, 6.45) is 11.3. The number of aryl methyl sites for hydroxylation is 1. The van der Waals surface area contributed by atoms with Crippen LogP contribution >= 0.6 is 0 Å². The van der Waals surface area contributed by atoms with E-state index >= 15 is 0 Å².